The third kappa shape index (κ3) is 2.31. The maximum absolute atomic E-state index is 8.59. The first-order valence-corrected chi connectivity index (χ1v) is 3.79. The second kappa shape index (κ2) is 4.08. The van der Waals surface area contributed by atoms with Gasteiger partial charge in [0.2, 0.25) is 5.89 Å². The van der Waals surface area contributed by atoms with Crippen molar-refractivity contribution in [1.82, 2.24) is 10.1 Å². The highest BCUT2D eigenvalue weighted by molar-refractivity contribution is 4.83. The van der Waals surface area contributed by atoms with E-state index in [1.807, 2.05) is 0 Å². The summed E-state index contributed by atoms with van der Waals surface area (Å²) in [4.78, 5) is 3.94. The maximum Gasteiger partial charge on any atom is 0.226 e. The molecular weight excluding hydrogens is 144 g/mol. The molecule has 0 aliphatic rings. The molecule has 4 nitrogen and oxygen atoms in total. The molecule has 0 fully saturated rings. The molecule has 11 heavy (non-hydrogen) atoms. The monoisotopic (exact) mass is 156 g/mol. The van der Waals surface area contributed by atoms with E-state index in [0.29, 0.717) is 11.7 Å². The molecule has 0 atom stereocenters. The van der Waals surface area contributed by atoms with E-state index in [2.05, 4.69) is 17.1 Å². The van der Waals surface area contributed by atoms with Crippen LogP contribution in [0.15, 0.2) is 4.52 Å². The van der Waals surface area contributed by atoms with Gasteiger partial charge in [-0.05, 0) is 6.42 Å². The van der Waals surface area contributed by atoms with Crippen LogP contribution in [0.2, 0.25) is 0 Å². The van der Waals surface area contributed by atoms with E-state index >= 15 is 0 Å². The topological polar surface area (TPSA) is 59.2 Å². The number of unbranched alkanes of at least 4 members (excludes halogenated alkanes) is 1. The summed E-state index contributed by atoms with van der Waals surface area (Å²) in [6.07, 6.45) is 2.97. The minimum absolute atomic E-state index is 0.143. The van der Waals surface area contributed by atoms with Crippen LogP contribution >= 0.6 is 0 Å². The summed E-state index contributed by atoms with van der Waals surface area (Å²) in [5, 5.41) is 12.1. The van der Waals surface area contributed by atoms with Gasteiger partial charge < -0.3 is 9.63 Å². The maximum atomic E-state index is 8.59. The van der Waals surface area contributed by atoms with Crippen LogP contribution in [-0.2, 0) is 13.0 Å². The average Bonchev–Trinajstić information content (AvgIpc) is 2.48. The van der Waals surface area contributed by atoms with Gasteiger partial charge in [-0.1, -0.05) is 18.5 Å². The second-order valence-electron chi connectivity index (χ2n) is 2.37. The molecule has 0 aromatic carbocycles. The summed E-state index contributed by atoms with van der Waals surface area (Å²) < 4.78 is 4.84. The fourth-order valence-corrected chi connectivity index (χ4v) is 0.784. The Balaban J connectivity index is 2.44. The second-order valence-corrected chi connectivity index (χ2v) is 2.37. The molecule has 1 heterocycles. The van der Waals surface area contributed by atoms with Crippen molar-refractivity contribution >= 4 is 0 Å². The van der Waals surface area contributed by atoms with Crippen LogP contribution in [0.5, 0.6) is 0 Å². The van der Waals surface area contributed by atoms with E-state index in [9.17, 15) is 0 Å². The van der Waals surface area contributed by atoms with Crippen LogP contribution in [0.25, 0.3) is 0 Å². The zero-order chi connectivity index (χ0) is 8.10. The summed E-state index contributed by atoms with van der Waals surface area (Å²) in [7, 11) is 0. The van der Waals surface area contributed by atoms with Crippen LogP contribution in [0.4, 0.5) is 0 Å². The largest absolute Gasteiger partial charge is 0.388 e. The molecular formula is C7H12N2O2. The first-order valence-electron chi connectivity index (χ1n) is 3.79. The van der Waals surface area contributed by atoms with Crippen molar-refractivity contribution in [2.24, 2.45) is 0 Å². The Kier molecular flexibility index (Phi) is 3.04. The molecule has 0 saturated heterocycles. The highest BCUT2D eigenvalue weighted by Gasteiger charge is 2.02. The molecule has 0 amide bonds. The van der Waals surface area contributed by atoms with Crippen molar-refractivity contribution in [3.8, 4) is 0 Å². The molecule has 0 bridgehead atoms. The van der Waals surface area contributed by atoms with E-state index in [0.717, 1.165) is 19.3 Å². The van der Waals surface area contributed by atoms with E-state index < -0.39 is 0 Å². The lowest BCUT2D eigenvalue weighted by Crippen LogP contribution is -1.87. The Morgan fingerprint density at radius 2 is 2.36 bits per heavy atom. The molecule has 1 aromatic heterocycles. The van der Waals surface area contributed by atoms with Crippen molar-refractivity contribution in [2.75, 3.05) is 0 Å². The van der Waals surface area contributed by atoms with Gasteiger partial charge in [0.25, 0.3) is 0 Å². The van der Waals surface area contributed by atoms with Crippen molar-refractivity contribution in [3.63, 3.8) is 0 Å². The van der Waals surface area contributed by atoms with Gasteiger partial charge in [-0.2, -0.15) is 4.98 Å². The minimum atomic E-state index is -0.143. The standard InChI is InChI=1S/C7H12N2O2/c1-2-3-4-7-8-6(5-10)9-11-7/h10H,2-5H2,1H3. The van der Waals surface area contributed by atoms with Gasteiger partial charge in [0, 0.05) is 6.42 Å². The Morgan fingerprint density at radius 3 is 2.91 bits per heavy atom. The Morgan fingerprint density at radius 1 is 1.55 bits per heavy atom. The summed E-state index contributed by atoms with van der Waals surface area (Å²) in [6.45, 7) is 1.96. The highest BCUT2D eigenvalue weighted by atomic mass is 16.5. The van der Waals surface area contributed by atoms with Crippen LogP contribution in [-0.4, -0.2) is 15.2 Å². The fraction of sp³-hybridized carbons (Fsp3) is 0.714. The Labute approximate surface area is 65.2 Å². The van der Waals surface area contributed by atoms with Gasteiger partial charge in [-0.25, -0.2) is 0 Å². The normalized spacial score (nSPS) is 10.4. The van der Waals surface area contributed by atoms with Crippen LogP contribution in [0, 0.1) is 0 Å². The molecule has 0 aliphatic carbocycles. The molecule has 0 radical (unpaired) electrons. The van der Waals surface area contributed by atoms with Gasteiger partial charge in [-0.3, -0.25) is 0 Å². The molecule has 4 heteroatoms. The Bertz CT molecular complexity index is 210. The lowest BCUT2D eigenvalue weighted by molar-refractivity contribution is 0.262. The lowest BCUT2D eigenvalue weighted by Gasteiger charge is -1.87. The van der Waals surface area contributed by atoms with Crippen LogP contribution < -0.4 is 0 Å². The first-order chi connectivity index (χ1) is 5.36. The molecule has 0 aliphatic heterocycles. The number of hydrogen-bond donors (Lipinski definition) is 1. The summed E-state index contributed by atoms with van der Waals surface area (Å²) in [5.41, 5.74) is 0. The van der Waals surface area contributed by atoms with E-state index in [1.54, 1.807) is 0 Å². The van der Waals surface area contributed by atoms with Crippen molar-refractivity contribution in [1.29, 1.82) is 0 Å². The number of aromatic nitrogens is 2. The van der Waals surface area contributed by atoms with Crippen molar-refractivity contribution in [3.05, 3.63) is 11.7 Å². The molecule has 62 valence electrons. The zero-order valence-electron chi connectivity index (χ0n) is 6.58. The van der Waals surface area contributed by atoms with Gasteiger partial charge >= 0.3 is 0 Å². The van der Waals surface area contributed by atoms with Crippen LogP contribution in [0.3, 0.4) is 0 Å². The molecule has 1 rings (SSSR count). The quantitative estimate of drug-likeness (QED) is 0.703. The minimum Gasteiger partial charge on any atom is -0.388 e. The smallest absolute Gasteiger partial charge is 0.226 e. The van der Waals surface area contributed by atoms with E-state index in [1.165, 1.54) is 0 Å². The third-order valence-electron chi connectivity index (χ3n) is 1.40. The lowest BCUT2D eigenvalue weighted by atomic mass is 10.2. The first kappa shape index (κ1) is 8.20. The number of aliphatic hydroxyl groups excluding tert-OH is 1. The summed E-state index contributed by atoms with van der Waals surface area (Å²) >= 11 is 0. The molecule has 1 N–H and O–H groups in total. The SMILES string of the molecule is CCCCc1nc(CO)no1. The van der Waals surface area contributed by atoms with E-state index in [-0.39, 0.29) is 6.61 Å². The molecule has 1 aromatic rings. The number of aryl methyl sites for hydroxylation is 1. The van der Waals surface area contributed by atoms with Gasteiger partial charge in [-0.15, -0.1) is 0 Å². The van der Waals surface area contributed by atoms with Crippen molar-refractivity contribution < 1.29 is 9.63 Å². The third-order valence-corrected chi connectivity index (χ3v) is 1.40. The number of hydrogen-bond acceptors (Lipinski definition) is 4. The molecule has 0 saturated carbocycles. The molecule has 0 spiro atoms. The molecule has 0 unspecified atom stereocenters. The average molecular weight is 156 g/mol. The number of aliphatic hydroxyl groups is 1. The van der Waals surface area contributed by atoms with Gasteiger partial charge in [0.1, 0.15) is 6.61 Å². The Hall–Kier alpha value is -0.900. The summed E-state index contributed by atoms with van der Waals surface area (Å²) in [6, 6.07) is 0. The zero-order valence-corrected chi connectivity index (χ0v) is 6.58. The fourth-order valence-electron chi connectivity index (χ4n) is 0.784. The number of nitrogens with zero attached hydrogens (tertiary/aromatic N) is 2. The van der Waals surface area contributed by atoms with E-state index in [4.69, 9.17) is 9.63 Å². The number of rotatable bonds is 4. The van der Waals surface area contributed by atoms with Crippen LogP contribution in [0.1, 0.15) is 31.5 Å². The van der Waals surface area contributed by atoms with Crippen molar-refractivity contribution in [2.45, 2.75) is 32.8 Å². The highest BCUT2D eigenvalue weighted by Crippen LogP contribution is 2.01. The van der Waals surface area contributed by atoms with Gasteiger partial charge in [0.05, 0.1) is 0 Å². The predicted molar refractivity (Wildman–Crippen MR) is 38.8 cm³/mol. The summed E-state index contributed by atoms with van der Waals surface area (Å²) in [5.74, 6) is 0.993. The van der Waals surface area contributed by atoms with Gasteiger partial charge in [0.15, 0.2) is 5.82 Å². The predicted octanol–water partition coefficient (Wildman–Crippen LogP) is 0.904.